The van der Waals surface area contributed by atoms with E-state index in [2.05, 4.69) is 22.3 Å². The lowest BCUT2D eigenvalue weighted by atomic mass is 10.2. The number of hydrogen-bond donors (Lipinski definition) is 1. The summed E-state index contributed by atoms with van der Waals surface area (Å²) in [5.41, 5.74) is 1.33. The summed E-state index contributed by atoms with van der Waals surface area (Å²) in [7, 11) is 0. The molecule has 0 aliphatic carbocycles. The molecule has 116 valence electrons. The van der Waals surface area contributed by atoms with E-state index in [1.807, 2.05) is 23.2 Å². The summed E-state index contributed by atoms with van der Waals surface area (Å²) in [6.45, 7) is 4.69. The Morgan fingerprint density at radius 2 is 2.41 bits per heavy atom. The summed E-state index contributed by atoms with van der Waals surface area (Å²) >= 11 is 0. The Labute approximate surface area is 130 Å². The first-order chi connectivity index (χ1) is 10.8. The molecular formula is C16H21N5O. The third-order valence-electron chi connectivity index (χ3n) is 3.93. The van der Waals surface area contributed by atoms with Crippen molar-refractivity contribution >= 4 is 5.91 Å². The molecule has 2 aromatic rings. The SMILES string of the molecule is CCCN(C(=O)c1cc(-n2cccn2)ccn1)C1CCNC1. The summed E-state index contributed by atoms with van der Waals surface area (Å²) in [5, 5.41) is 7.52. The van der Waals surface area contributed by atoms with E-state index in [1.54, 1.807) is 23.1 Å². The van der Waals surface area contributed by atoms with E-state index >= 15 is 0 Å². The highest BCUT2D eigenvalue weighted by atomic mass is 16.2. The number of pyridine rings is 1. The minimum Gasteiger partial charge on any atom is -0.333 e. The van der Waals surface area contributed by atoms with Gasteiger partial charge in [-0.1, -0.05) is 6.92 Å². The summed E-state index contributed by atoms with van der Waals surface area (Å²) in [4.78, 5) is 19.1. The van der Waals surface area contributed by atoms with Gasteiger partial charge >= 0.3 is 0 Å². The van der Waals surface area contributed by atoms with Crippen molar-refractivity contribution in [2.24, 2.45) is 0 Å². The number of carbonyl (C=O) groups excluding carboxylic acids is 1. The molecular weight excluding hydrogens is 278 g/mol. The molecule has 1 amide bonds. The van der Waals surface area contributed by atoms with Crippen LogP contribution in [0.5, 0.6) is 0 Å². The standard InChI is InChI=1S/C16H21N5O/c1-2-9-20(14-4-7-17-12-14)16(22)15-11-13(5-8-18-15)21-10-3-6-19-21/h3,5-6,8,10-11,14,17H,2,4,7,9,12H2,1H3. The first-order valence-electron chi connectivity index (χ1n) is 7.77. The highest BCUT2D eigenvalue weighted by Crippen LogP contribution is 2.15. The van der Waals surface area contributed by atoms with Gasteiger partial charge in [0.2, 0.25) is 0 Å². The van der Waals surface area contributed by atoms with Crippen LogP contribution in [-0.4, -0.2) is 51.2 Å². The quantitative estimate of drug-likeness (QED) is 0.908. The minimum absolute atomic E-state index is 0.00422. The number of hydrogen-bond acceptors (Lipinski definition) is 4. The van der Waals surface area contributed by atoms with Crippen LogP contribution in [0.2, 0.25) is 0 Å². The third-order valence-corrected chi connectivity index (χ3v) is 3.93. The monoisotopic (exact) mass is 299 g/mol. The van der Waals surface area contributed by atoms with Gasteiger partial charge in [0, 0.05) is 37.7 Å². The van der Waals surface area contributed by atoms with Gasteiger partial charge in [-0.25, -0.2) is 4.68 Å². The second kappa shape index (κ2) is 6.70. The molecule has 0 bridgehead atoms. The highest BCUT2D eigenvalue weighted by molar-refractivity contribution is 5.93. The molecule has 3 heterocycles. The fourth-order valence-electron chi connectivity index (χ4n) is 2.84. The van der Waals surface area contributed by atoms with Crippen LogP contribution in [0.4, 0.5) is 0 Å². The van der Waals surface area contributed by atoms with Crippen molar-refractivity contribution in [3.05, 3.63) is 42.5 Å². The Bertz CT molecular complexity index is 619. The maximum atomic E-state index is 12.8. The lowest BCUT2D eigenvalue weighted by molar-refractivity contribution is 0.0686. The minimum atomic E-state index is 0.00422. The van der Waals surface area contributed by atoms with Crippen LogP contribution in [0.1, 0.15) is 30.3 Å². The highest BCUT2D eigenvalue weighted by Gasteiger charge is 2.27. The van der Waals surface area contributed by atoms with Gasteiger partial charge in [0.25, 0.3) is 5.91 Å². The molecule has 0 spiro atoms. The molecule has 3 rings (SSSR count). The molecule has 1 unspecified atom stereocenters. The first-order valence-corrected chi connectivity index (χ1v) is 7.77. The van der Waals surface area contributed by atoms with Crippen LogP contribution in [0.15, 0.2) is 36.8 Å². The van der Waals surface area contributed by atoms with Crippen molar-refractivity contribution in [3.63, 3.8) is 0 Å². The molecule has 0 radical (unpaired) electrons. The topological polar surface area (TPSA) is 63.1 Å². The maximum absolute atomic E-state index is 12.8. The molecule has 1 aliphatic rings. The zero-order chi connectivity index (χ0) is 15.4. The lowest BCUT2D eigenvalue weighted by Crippen LogP contribution is -2.42. The molecule has 1 fully saturated rings. The molecule has 2 aromatic heterocycles. The molecule has 1 N–H and O–H groups in total. The Kier molecular flexibility index (Phi) is 4.48. The second-order valence-electron chi connectivity index (χ2n) is 5.50. The maximum Gasteiger partial charge on any atom is 0.272 e. The van der Waals surface area contributed by atoms with E-state index in [9.17, 15) is 4.79 Å². The number of nitrogens with zero attached hydrogens (tertiary/aromatic N) is 4. The largest absolute Gasteiger partial charge is 0.333 e. The molecule has 1 saturated heterocycles. The van der Waals surface area contributed by atoms with Crippen molar-refractivity contribution in [1.82, 2.24) is 25.0 Å². The normalized spacial score (nSPS) is 17.6. The van der Waals surface area contributed by atoms with Crippen molar-refractivity contribution < 1.29 is 4.79 Å². The van der Waals surface area contributed by atoms with E-state index < -0.39 is 0 Å². The van der Waals surface area contributed by atoms with Gasteiger partial charge in [-0.05, 0) is 37.6 Å². The van der Waals surface area contributed by atoms with Gasteiger partial charge in [0.05, 0.1) is 5.69 Å². The molecule has 1 aliphatic heterocycles. The Morgan fingerprint density at radius 3 is 3.09 bits per heavy atom. The second-order valence-corrected chi connectivity index (χ2v) is 5.50. The summed E-state index contributed by atoms with van der Waals surface area (Å²) < 4.78 is 1.74. The van der Waals surface area contributed by atoms with Crippen LogP contribution in [0.3, 0.4) is 0 Å². The number of rotatable bonds is 5. The van der Waals surface area contributed by atoms with Crippen LogP contribution in [0, 0.1) is 0 Å². The van der Waals surface area contributed by atoms with Gasteiger partial charge < -0.3 is 10.2 Å². The van der Waals surface area contributed by atoms with Crippen LogP contribution < -0.4 is 5.32 Å². The van der Waals surface area contributed by atoms with Gasteiger partial charge in [-0.3, -0.25) is 9.78 Å². The zero-order valence-corrected chi connectivity index (χ0v) is 12.8. The number of aromatic nitrogens is 3. The molecule has 0 saturated carbocycles. The smallest absolute Gasteiger partial charge is 0.272 e. The lowest BCUT2D eigenvalue weighted by Gasteiger charge is -2.28. The van der Waals surface area contributed by atoms with Gasteiger partial charge in [-0.2, -0.15) is 5.10 Å². The number of amides is 1. The average molecular weight is 299 g/mol. The van der Waals surface area contributed by atoms with Crippen molar-refractivity contribution in [2.75, 3.05) is 19.6 Å². The van der Waals surface area contributed by atoms with E-state index in [0.29, 0.717) is 5.69 Å². The van der Waals surface area contributed by atoms with Crippen LogP contribution in [0.25, 0.3) is 5.69 Å². The number of carbonyl (C=O) groups is 1. The Balaban J connectivity index is 1.85. The van der Waals surface area contributed by atoms with Gasteiger partial charge in [0.1, 0.15) is 5.69 Å². The molecule has 0 aromatic carbocycles. The fourth-order valence-corrected chi connectivity index (χ4v) is 2.84. The Hall–Kier alpha value is -2.21. The summed E-state index contributed by atoms with van der Waals surface area (Å²) in [6.07, 6.45) is 7.19. The van der Waals surface area contributed by atoms with Crippen molar-refractivity contribution in [3.8, 4) is 5.69 Å². The predicted octanol–water partition coefficient (Wildman–Crippen LogP) is 1.48. The fraction of sp³-hybridized carbons (Fsp3) is 0.438. The molecule has 6 heteroatoms. The van der Waals surface area contributed by atoms with Crippen LogP contribution in [-0.2, 0) is 0 Å². The summed E-state index contributed by atoms with van der Waals surface area (Å²) in [6, 6.07) is 5.78. The average Bonchev–Trinajstić information content (AvgIpc) is 3.25. The Morgan fingerprint density at radius 1 is 1.50 bits per heavy atom. The predicted molar refractivity (Wildman–Crippen MR) is 84.0 cm³/mol. The first kappa shape index (κ1) is 14.7. The van der Waals surface area contributed by atoms with E-state index in [0.717, 1.165) is 38.2 Å². The van der Waals surface area contributed by atoms with E-state index in [4.69, 9.17) is 0 Å². The van der Waals surface area contributed by atoms with Gasteiger partial charge in [-0.15, -0.1) is 0 Å². The van der Waals surface area contributed by atoms with E-state index in [1.165, 1.54) is 0 Å². The van der Waals surface area contributed by atoms with Gasteiger partial charge in [0.15, 0.2) is 0 Å². The van der Waals surface area contributed by atoms with E-state index in [-0.39, 0.29) is 11.9 Å². The molecule has 1 atom stereocenters. The summed E-state index contributed by atoms with van der Waals surface area (Å²) in [5.74, 6) is 0.00422. The van der Waals surface area contributed by atoms with Crippen molar-refractivity contribution in [1.29, 1.82) is 0 Å². The van der Waals surface area contributed by atoms with Crippen molar-refractivity contribution in [2.45, 2.75) is 25.8 Å². The van der Waals surface area contributed by atoms with Crippen LogP contribution >= 0.6 is 0 Å². The third kappa shape index (κ3) is 3.01. The number of nitrogens with one attached hydrogen (secondary N) is 1. The molecule has 6 nitrogen and oxygen atoms in total. The zero-order valence-electron chi connectivity index (χ0n) is 12.8. The molecule has 22 heavy (non-hydrogen) atoms.